The number of carbonyl (C=O) groups is 2. The molecule has 5 rings (SSSR count). The van der Waals surface area contributed by atoms with Crippen LogP contribution in [0.3, 0.4) is 0 Å². The lowest BCUT2D eigenvalue weighted by atomic mass is 10.0. The minimum Gasteiger partial charge on any atom is -0.495 e. The number of sulfone groups is 1. The number of pyridine rings is 1. The number of carboxylic acid groups (broad SMARTS) is 1. The van der Waals surface area contributed by atoms with Gasteiger partial charge in [0.1, 0.15) is 17.6 Å². The molecule has 11 nitrogen and oxygen atoms in total. The zero-order chi connectivity index (χ0) is 32.5. The normalized spacial score (nSPS) is 15.7. The highest BCUT2D eigenvalue weighted by atomic mass is 35.5. The van der Waals surface area contributed by atoms with Crippen molar-refractivity contribution in [1.29, 1.82) is 0 Å². The van der Waals surface area contributed by atoms with Crippen LogP contribution < -0.4 is 21.1 Å². The number of nitrogens with two attached hydrogens (primary N) is 1. The Labute approximate surface area is 266 Å². The summed E-state index contributed by atoms with van der Waals surface area (Å²) >= 11 is 6.32. The zero-order valence-electron chi connectivity index (χ0n) is 25.0. The Hall–Kier alpha value is -4.55. The lowest BCUT2D eigenvalue weighted by Crippen LogP contribution is -2.38. The van der Waals surface area contributed by atoms with Gasteiger partial charge in [0.25, 0.3) is 0 Å². The van der Waals surface area contributed by atoms with Gasteiger partial charge in [0.15, 0.2) is 9.84 Å². The van der Waals surface area contributed by atoms with E-state index in [1.54, 1.807) is 43.1 Å². The molecule has 0 aliphatic carbocycles. The molecule has 1 aromatic heterocycles. The maximum absolute atomic E-state index is 14.6. The van der Waals surface area contributed by atoms with Crippen LogP contribution in [0, 0.1) is 0 Å². The average molecular weight is 652 g/mol. The predicted octanol–water partition coefficient (Wildman–Crippen LogP) is 6.27. The minimum absolute atomic E-state index is 0.0662. The van der Waals surface area contributed by atoms with Crippen molar-refractivity contribution in [2.24, 2.45) is 0 Å². The number of likely N-dealkylation sites (tertiary alicyclic amines) is 1. The van der Waals surface area contributed by atoms with Gasteiger partial charge in [-0.25, -0.2) is 18.2 Å². The van der Waals surface area contributed by atoms with Crippen LogP contribution in [0.4, 0.5) is 22.0 Å². The van der Waals surface area contributed by atoms with E-state index < -0.39 is 33.3 Å². The van der Waals surface area contributed by atoms with Crippen LogP contribution in [0.15, 0.2) is 71.8 Å². The Kier molecular flexibility index (Phi) is 9.08. The first-order valence-corrected chi connectivity index (χ1v) is 16.3. The summed E-state index contributed by atoms with van der Waals surface area (Å²) in [5.41, 5.74) is 7.85. The first-order valence-electron chi connectivity index (χ1n) is 14.3. The van der Waals surface area contributed by atoms with Gasteiger partial charge in [0.05, 0.1) is 28.3 Å². The molecular formula is C32H34ClN5O6S. The molecule has 3 aromatic carbocycles. The van der Waals surface area contributed by atoms with E-state index in [-0.39, 0.29) is 16.5 Å². The molecule has 0 radical (unpaired) electrons. The Morgan fingerprint density at radius 1 is 1.09 bits per heavy atom. The van der Waals surface area contributed by atoms with E-state index in [1.807, 2.05) is 24.3 Å². The number of anilines is 3. The molecule has 2 amide bonds. The molecule has 2 heterocycles. The van der Waals surface area contributed by atoms with E-state index in [4.69, 9.17) is 22.1 Å². The van der Waals surface area contributed by atoms with E-state index in [2.05, 4.69) is 15.6 Å². The third-order valence-corrected chi connectivity index (χ3v) is 10.5. The quantitative estimate of drug-likeness (QED) is 0.163. The average Bonchev–Trinajstić information content (AvgIpc) is 3.49. The molecule has 0 saturated carbocycles. The summed E-state index contributed by atoms with van der Waals surface area (Å²) in [5, 5.41) is 16.3. The van der Waals surface area contributed by atoms with Crippen molar-refractivity contribution in [1.82, 2.24) is 9.88 Å². The van der Waals surface area contributed by atoms with Gasteiger partial charge in [0, 0.05) is 29.5 Å². The number of hydrogen-bond donors (Lipinski definition) is 4. The fraction of sp³-hybridized carbons (Fsp3) is 0.281. The molecule has 1 aliphatic heterocycles. The number of hydrogen-bond acceptors (Lipinski definition) is 8. The second kappa shape index (κ2) is 12.8. The molecule has 1 fully saturated rings. The number of carbonyl (C=O) groups excluding carboxylic acids is 1. The van der Waals surface area contributed by atoms with Gasteiger partial charge >= 0.3 is 6.09 Å². The molecule has 1 aliphatic rings. The monoisotopic (exact) mass is 651 g/mol. The van der Waals surface area contributed by atoms with Crippen molar-refractivity contribution >= 4 is 61.4 Å². The van der Waals surface area contributed by atoms with Gasteiger partial charge in [-0.2, -0.15) is 0 Å². The third kappa shape index (κ3) is 6.47. The van der Waals surface area contributed by atoms with Gasteiger partial charge in [-0.1, -0.05) is 17.7 Å². The molecule has 0 unspecified atom stereocenters. The SMILES string of the molecule is COc1cc([C@@H](Nc2ccc3c(N)nccc3c2)C(=O)N2CCC[C@@H]2c2cc(NC(=O)O)ccc2S(=O)(=O)C(C)C)ccc1Cl. The van der Waals surface area contributed by atoms with E-state index in [9.17, 15) is 23.1 Å². The molecule has 13 heteroatoms. The van der Waals surface area contributed by atoms with Gasteiger partial charge in [-0.3, -0.25) is 10.1 Å². The Morgan fingerprint density at radius 3 is 2.56 bits per heavy atom. The first-order chi connectivity index (χ1) is 21.4. The number of amides is 2. The van der Waals surface area contributed by atoms with Crippen LogP contribution in [-0.4, -0.2) is 54.3 Å². The molecular weight excluding hydrogens is 618 g/mol. The van der Waals surface area contributed by atoms with Gasteiger partial charge < -0.3 is 25.8 Å². The van der Waals surface area contributed by atoms with Crippen LogP contribution in [0.2, 0.25) is 5.02 Å². The summed E-state index contributed by atoms with van der Waals surface area (Å²) in [5.74, 6) is 0.475. The molecule has 4 aromatic rings. The van der Waals surface area contributed by atoms with Crippen molar-refractivity contribution in [3.63, 3.8) is 0 Å². The standard InChI is InChI=1S/C32H34ClN5O6S/c1-18(2)45(42,43)28-11-8-22(37-32(40)41)17-24(28)26-5-4-14-38(26)31(39)29(20-6-10-25(33)27(16-20)44-3)36-21-7-9-23-19(15-21)12-13-35-30(23)34/h6-13,15-18,26,29,36-37H,4-5,14H2,1-3H3,(H2,34,35)(H,40,41)/t26-,29-/m1/s1. The first kappa shape index (κ1) is 31.9. The second-order valence-corrected chi connectivity index (χ2v) is 13.9. The minimum atomic E-state index is -3.77. The second-order valence-electron chi connectivity index (χ2n) is 11.1. The molecule has 2 atom stereocenters. The lowest BCUT2D eigenvalue weighted by molar-refractivity contribution is -0.133. The number of nitrogens with one attached hydrogen (secondary N) is 2. The summed E-state index contributed by atoms with van der Waals surface area (Å²) in [7, 11) is -2.29. The van der Waals surface area contributed by atoms with Crippen molar-refractivity contribution in [3.05, 3.63) is 83.0 Å². The van der Waals surface area contributed by atoms with Crippen molar-refractivity contribution in [2.75, 3.05) is 30.0 Å². The number of methoxy groups -OCH3 is 1. The number of nitrogens with zero attached hydrogens (tertiary/aromatic N) is 2. The summed E-state index contributed by atoms with van der Waals surface area (Å²) < 4.78 is 32.4. The van der Waals surface area contributed by atoms with E-state index in [0.717, 1.165) is 10.8 Å². The lowest BCUT2D eigenvalue weighted by Gasteiger charge is -2.32. The maximum atomic E-state index is 14.6. The third-order valence-electron chi connectivity index (χ3n) is 7.94. The smallest absolute Gasteiger partial charge is 0.409 e. The van der Waals surface area contributed by atoms with Crippen LogP contribution in [0.1, 0.15) is 49.9 Å². The largest absolute Gasteiger partial charge is 0.495 e. The van der Waals surface area contributed by atoms with Crippen LogP contribution in [-0.2, 0) is 14.6 Å². The van der Waals surface area contributed by atoms with Crippen molar-refractivity contribution < 1.29 is 27.9 Å². The number of benzene rings is 3. The topological polar surface area (TPSA) is 164 Å². The van der Waals surface area contributed by atoms with Crippen molar-refractivity contribution in [3.8, 4) is 5.75 Å². The number of fused-ring (bicyclic) bond motifs is 1. The number of halogens is 1. The fourth-order valence-electron chi connectivity index (χ4n) is 5.64. The summed E-state index contributed by atoms with van der Waals surface area (Å²) in [6, 6.07) is 15.2. The molecule has 0 bridgehead atoms. The number of rotatable bonds is 9. The molecule has 1 saturated heterocycles. The number of aromatic nitrogens is 1. The highest BCUT2D eigenvalue weighted by molar-refractivity contribution is 7.92. The van der Waals surface area contributed by atoms with Crippen molar-refractivity contribution in [2.45, 2.75) is 48.9 Å². The zero-order valence-corrected chi connectivity index (χ0v) is 26.5. The van der Waals surface area contributed by atoms with E-state index in [1.165, 1.54) is 25.3 Å². The van der Waals surface area contributed by atoms with Crippen LogP contribution in [0.25, 0.3) is 10.8 Å². The van der Waals surface area contributed by atoms with E-state index >= 15 is 0 Å². The number of nitrogen functional groups attached to an aromatic ring is 1. The summed E-state index contributed by atoms with van der Waals surface area (Å²) in [6.07, 6.45) is 1.43. The van der Waals surface area contributed by atoms with Gasteiger partial charge in [-0.15, -0.1) is 0 Å². The predicted molar refractivity (Wildman–Crippen MR) is 175 cm³/mol. The fourth-order valence-corrected chi connectivity index (χ4v) is 7.13. The summed E-state index contributed by atoms with van der Waals surface area (Å²) in [6.45, 7) is 3.53. The Bertz CT molecular complexity index is 1880. The summed E-state index contributed by atoms with van der Waals surface area (Å²) in [4.78, 5) is 31.9. The Morgan fingerprint density at radius 2 is 1.84 bits per heavy atom. The highest BCUT2D eigenvalue weighted by Crippen LogP contribution is 2.41. The molecule has 45 heavy (non-hydrogen) atoms. The van der Waals surface area contributed by atoms with Crippen LogP contribution in [0.5, 0.6) is 5.75 Å². The molecule has 0 spiro atoms. The molecule has 236 valence electrons. The van der Waals surface area contributed by atoms with Crippen LogP contribution >= 0.6 is 11.6 Å². The Balaban J connectivity index is 1.59. The molecule has 5 N–H and O–H groups in total. The maximum Gasteiger partial charge on any atom is 0.409 e. The highest BCUT2D eigenvalue weighted by Gasteiger charge is 2.38. The van der Waals surface area contributed by atoms with Gasteiger partial charge in [0.2, 0.25) is 5.91 Å². The van der Waals surface area contributed by atoms with E-state index in [0.29, 0.717) is 52.8 Å². The van der Waals surface area contributed by atoms with Gasteiger partial charge in [-0.05, 0) is 97.8 Å². The number of ether oxygens (including phenoxy) is 1.